The number of hydrogen-bond donors (Lipinski definition) is 0. The SMILES string of the molecule is Cc1ccc2c(c1)sc1c3ccc(-c4ccc(-c5ccccc5)cc4)cc3sc21. The maximum absolute atomic E-state index is 2.35. The van der Waals surface area contributed by atoms with E-state index in [9.17, 15) is 0 Å². The summed E-state index contributed by atoms with van der Waals surface area (Å²) in [5.41, 5.74) is 6.40. The van der Waals surface area contributed by atoms with Crippen LogP contribution in [0, 0.1) is 6.92 Å². The minimum Gasteiger partial charge on any atom is -0.134 e. The number of fused-ring (bicyclic) bond motifs is 5. The Hall–Kier alpha value is -2.94. The first kappa shape index (κ1) is 17.0. The predicted octanol–water partition coefficient (Wildman–Crippen LogP) is 8.91. The largest absolute Gasteiger partial charge is 0.134 e. The van der Waals surface area contributed by atoms with Gasteiger partial charge in [-0.05, 0) is 46.9 Å². The Morgan fingerprint density at radius 2 is 1.00 bits per heavy atom. The molecule has 2 heterocycles. The Morgan fingerprint density at radius 1 is 0.483 bits per heavy atom. The fourth-order valence-electron chi connectivity index (χ4n) is 4.03. The van der Waals surface area contributed by atoms with Crippen LogP contribution in [0.15, 0.2) is 91.0 Å². The van der Waals surface area contributed by atoms with E-state index < -0.39 is 0 Å². The molecule has 0 N–H and O–H groups in total. The van der Waals surface area contributed by atoms with Gasteiger partial charge in [0.1, 0.15) is 0 Å². The van der Waals surface area contributed by atoms with Crippen molar-refractivity contribution in [2.24, 2.45) is 0 Å². The first-order valence-electron chi connectivity index (χ1n) is 9.77. The number of aryl methyl sites for hydroxylation is 1. The van der Waals surface area contributed by atoms with Crippen LogP contribution in [0.4, 0.5) is 0 Å². The van der Waals surface area contributed by atoms with Crippen molar-refractivity contribution in [2.45, 2.75) is 6.92 Å². The first-order chi connectivity index (χ1) is 14.3. The molecule has 0 nitrogen and oxygen atoms in total. The Bertz CT molecular complexity index is 1480. The first-order valence-corrected chi connectivity index (χ1v) is 11.4. The molecule has 29 heavy (non-hydrogen) atoms. The van der Waals surface area contributed by atoms with Crippen LogP contribution in [0.3, 0.4) is 0 Å². The summed E-state index contributed by atoms with van der Waals surface area (Å²) in [5, 5.41) is 2.78. The molecule has 2 aromatic heterocycles. The molecule has 138 valence electrons. The van der Waals surface area contributed by atoms with Gasteiger partial charge in [0.05, 0.1) is 9.40 Å². The highest BCUT2D eigenvalue weighted by atomic mass is 32.1. The van der Waals surface area contributed by atoms with Crippen molar-refractivity contribution in [1.29, 1.82) is 0 Å². The Labute approximate surface area is 177 Å². The molecule has 0 bridgehead atoms. The zero-order valence-electron chi connectivity index (χ0n) is 16.0. The van der Waals surface area contributed by atoms with Crippen LogP contribution in [0.2, 0.25) is 0 Å². The Balaban J connectivity index is 1.44. The summed E-state index contributed by atoms with van der Waals surface area (Å²) in [7, 11) is 0. The lowest BCUT2D eigenvalue weighted by atomic mass is 10.00. The monoisotopic (exact) mass is 406 g/mol. The van der Waals surface area contributed by atoms with Crippen molar-refractivity contribution in [1.82, 2.24) is 0 Å². The van der Waals surface area contributed by atoms with Gasteiger partial charge in [-0.1, -0.05) is 78.9 Å². The van der Waals surface area contributed by atoms with Gasteiger partial charge >= 0.3 is 0 Å². The van der Waals surface area contributed by atoms with Crippen LogP contribution < -0.4 is 0 Å². The van der Waals surface area contributed by atoms with Crippen molar-refractivity contribution in [3.05, 3.63) is 96.6 Å². The molecule has 0 unspecified atom stereocenters. The predicted molar refractivity (Wildman–Crippen MR) is 130 cm³/mol. The van der Waals surface area contributed by atoms with E-state index in [-0.39, 0.29) is 0 Å². The second kappa shape index (κ2) is 6.55. The average molecular weight is 407 g/mol. The van der Waals surface area contributed by atoms with E-state index in [1.54, 1.807) is 0 Å². The average Bonchev–Trinajstić information content (AvgIpc) is 3.29. The topological polar surface area (TPSA) is 0 Å². The zero-order valence-corrected chi connectivity index (χ0v) is 17.6. The molecular formula is C27H18S2. The van der Waals surface area contributed by atoms with Crippen LogP contribution in [-0.2, 0) is 0 Å². The van der Waals surface area contributed by atoms with Gasteiger partial charge in [-0.2, -0.15) is 0 Å². The van der Waals surface area contributed by atoms with E-state index in [0.717, 1.165) is 0 Å². The maximum Gasteiger partial charge on any atom is 0.0542 e. The molecule has 0 radical (unpaired) electrons. The van der Waals surface area contributed by atoms with E-state index in [1.807, 2.05) is 22.7 Å². The molecule has 0 aliphatic heterocycles. The molecule has 0 saturated carbocycles. The number of thiophene rings is 2. The minimum atomic E-state index is 1.26. The van der Waals surface area contributed by atoms with Crippen molar-refractivity contribution < 1.29 is 0 Å². The third-order valence-electron chi connectivity index (χ3n) is 5.56. The van der Waals surface area contributed by atoms with E-state index in [2.05, 4.69) is 97.9 Å². The standard InChI is InChI=1S/C27H18S2/c1-17-7-13-22-24(15-17)28-27-23-14-12-21(16-25(23)29-26(22)27)20-10-8-19(9-11-20)18-5-3-2-4-6-18/h2-16H,1H3. The molecule has 6 aromatic rings. The number of rotatable bonds is 2. The summed E-state index contributed by atoms with van der Waals surface area (Å²) >= 11 is 3.85. The lowest BCUT2D eigenvalue weighted by Gasteiger charge is -2.05. The van der Waals surface area contributed by atoms with Crippen LogP contribution in [-0.4, -0.2) is 0 Å². The zero-order chi connectivity index (χ0) is 19.4. The molecular weight excluding hydrogens is 388 g/mol. The summed E-state index contributed by atoms with van der Waals surface area (Å²) in [5.74, 6) is 0. The molecule has 0 aliphatic carbocycles. The molecule has 0 saturated heterocycles. The van der Waals surface area contributed by atoms with Gasteiger partial charge in [-0.25, -0.2) is 0 Å². The van der Waals surface area contributed by atoms with Crippen LogP contribution >= 0.6 is 22.7 Å². The van der Waals surface area contributed by atoms with Crippen molar-refractivity contribution in [3.8, 4) is 22.3 Å². The normalized spacial score (nSPS) is 11.6. The van der Waals surface area contributed by atoms with Crippen molar-refractivity contribution >= 4 is 52.2 Å². The summed E-state index contributed by atoms with van der Waals surface area (Å²) in [6.07, 6.45) is 0. The summed E-state index contributed by atoms with van der Waals surface area (Å²) < 4.78 is 5.63. The second-order valence-electron chi connectivity index (χ2n) is 7.52. The van der Waals surface area contributed by atoms with E-state index in [4.69, 9.17) is 0 Å². The fourth-order valence-corrected chi connectivity index (χ4v) is 6.82. The molecule has 0 fully saturated rings. The van der Waals surface area contributed by atoms with Gasteiger partial charge in [0, 0.05) is 20.2 Å². The van der Waals surface area contributed by atoms with Crippen molar-refractivity contribution in [2.75, 3.05) is 0 Å². The third kappa shape index (κ3) is 2.79. The minimum absolute atomic E-state index is 1.26. The van der Waals surface area contributed by atoms with Gasteiger partial charge in [0.25, 0.3) is 0 Å². The van der Waals surface area contributed by atoms with Crippen LogP contribution in [0.5, 0.6) is 0 Å². The van der Waals surface area contributed by atoms with Gasteiger partial charge < -0.3 is 0 Å². The van der Waals surface area contributed by atoms with E-state index in [0.29, 0.717) is 0 Å². The molecule has 0 aliphatic rings. The summed E-state index contributed by atoms with van der Waals surface area (Å²) in [6, 6.07) is 33.2. The fraction of sp³-hybridized carbons (Fsp3) is 0.0370. The highest BCUT2D eigenvalue weighted by Gasteiger charge is 2.13. The van der Waals surface area contributed by atoms with E-state index in [1.165, 1.54) is 57.4 Å². The third-order valence-corrected chi connectivity index (χ3v) is 8.06. The second-order valence-corrected chi connectivity index (χ2v) is 9.62. The maximum atomic E-state index is 2.35. The van der Waals surface area contributed by atoms with Crippen LogP contribution in [0.1, 0.15) is 5.56 Å². The van der Waals surface area contributed by atoms with Crippen LogP contribution in [0.25, 0.3) is 51.8 Å². The van der Waals surface area contributed by atoms with Crippen molar-refractivity contribution in [3.63, 3.8) is 0 Å². The molecule has 0 spiro atoms. The summed E-state index contributed by atoms with van der Waals surface area (Å²) in [6.45, 7) is 2.17. The molecule has 4 aromatic carbocycles. The van der Waals surface area contributed by atoms with Gasteiger partial charge in [-0.15, -0.1) is 22.7 Å². The number of benzene rings is 4. The highest BCUT2D eigenvalue weighted by Crippen LogP contribution is 2.45. The lowest BCUT2D eigenvalue weighted by molar-refractivity contribution is 1.52. The lowest BCUT2D eigenvalue weighted by Crippen LogP contribution is -1.80. The smallest absolute Gasteiger partial charge is 0.0542 e. The summed E-state index contributed by atoms with van der Waals surface area (Å²) in [4.78, 5) is 0. The quantitative estimate of drug-likeness (QED) is 0.269. The van der Waals surface area contributed by atoms with Gasteiger partial charge in [0.15, 0.2) is 0 Å². The molecule has 0 amide bonds. The molecule has 0 atom stereocenters. The number of hydrogen-bond acceptors (Lipinski definition) is 2. The van der Waals surface area contributed by atoms with Gasteiger partial charge in [-0.3, -0.25) is 0 Å². The highest BCUT2D eigenvalue weighted by molar-refractivity contribution is 7.36. The van der Waals surface area contributed by atoms with Gasteiger partial charge in [0.2, 0.25) is 0 Å². The van der Waals surface area contributed by atoms with E-state index >= 15 is 0 Å². The molecule has 2 heteroatoms. The Kier molecular flexibility index (Phi) is 3.83. The molecule has 6 rings (SSSR count). The Morgan fingerprint density at radius 3 is 1.69 bits per heavy atom.